The predicted octanol–water partition coefficient (Wildman–Crippen LogP) is 4.75. The maximum Gasteiger partial charge on any atom is 0.433 e. The van der Waals surface area contributed by atoms with E-state index in [1.54, 1.807) is 30.7 Å². The van der Waals surface area contributed by atoms with E-state index in [-0.39, 0.29) is 22.4 Å². The summed E-state index contributed by atoms with van der Waals surface area (Å²) in [5, 5.41) is 7.56. The van der Waals surface area contributed by atoms with Crippen LogP contribution in [-0.4, -0.2) is 52.7 Å². The Hall–Kier alpha value is -2.51. The molecule has 4 rings (SSSR count). The van der Waals surface area contributed by atoms with Crippen molar-refractivity contribution in [1.29, 1.82) is 0 Å². The Bertz CT molecular complexity index is 1430. The summed E-state index contributed by atoms with van der Waals surface area (Å²) in [5.41, 5.74) is 0.400. The van der Waals surface area contributed by atoms with Crippen LogP contribution in [0.3, 0.4) is 0 Å². The second-order valence-electron chi connectivity index (χ2n) is 9.00. The van der Waals surface area contributed by atoms with Gasteiger partial charge in [-0.3, -0.25) is 9.48 Å². The van der Waals surface area contributed by atoms with Gasteiger partial charge in [0.25, 0.3) is 5.91 Å². The predicted molar refractivity (Wildman–Crippen MR) is 133 cm³/mol. The van der Waals surface area contributed by atoms with Gasteiger partial charge in [-0.2, -0.15) is 18.3 Å². The number of piperidine rings is 1. The highest BCUT2D eigenvalue weighted by Crippen LogP contribution is 2.33. The average molecular weight is 588 g/mol. The zero-order valence-corrected chi connectivity index (χ0v) is 22.3. The molecule has 1 aromatic carbocycles. The van der Waals surface area contributed by atoms with Crippen LogP contribution in [-0.2, 0) is 22.7 Å². The summed E-state index contributed by atoms with van der Waals surface area (Å²) in [5.74, 6) is -0.487. The molecule has 0 atom stereocenters. The van der Waals surface area contributed by atoms with Crippen molar-refractivity contribution in [2.45, 2.75) is 39.4 Å². The van der Waals surface area contributed by atoms with Crippen LogP contribution in [0, 0.1) is 19.8 Å². The molecule has 3 aromatic rings. The van der Waals surface area contributed by atoms with E-state index in [9.17, 15) is 26.4 Å². The van der Waals surface area contributed by atoms with Gasteiger partial charge in [0.05, 0.1) is 34.4 Å². The second-order valence-corrected chi connectivity index (χ2v) is 11.9. The van der Waals surface area contributed by atoms with Gasteiger partial charge in [0, 0.05) is 29.5 Å². The Morgan fingerprint density at radius 2 is 1.86 bits per heavy atom. The number of carbonyl (C=O) groups excluding carboxylic acids is 1. The lowest BCUT2D eigenvalue weighted by Gasteiger charge is -2.30. The zero-order valence-electron chi connectivity index (χ0n) is 19.9. The first-order valence-corrected chi connectivity index (χ1v) is 13.9. The van der Waals surface area contributed by atoms with Gasteiger partial charge in [-0.15, -0.1) is 0 Å². The van der Waals surface area contributed by atoms with Crippen molar-refractivity contribution in [1.82, 2.24) is 19.1 Å². The van der Waals surface area contributed by atoms with Crippen molar-refractivity contribution in [3.05, 3.63) is 51.4 Å². The number of pyridine rings is 1. The smallest absolute Gasteiger partial charge is 0.319 e. The van der Waals surface area contributed by atoms with Crippen molar-refractivity contribution in [3.63, 3.8) is 0 Å². The van der Waals surface area contributed by atoms with Crippen molar-refractivity contribution in [3.8, 4) is 0 Å². The molecule has 194 valence electrons. The number of benzene rings is 1. The molecular formula is C23H25BrF3N5O3S. The molecule has 8 nitrogen and oxygen atoms in total. The number of aromatic nitrogens is 3. The van der Waals surface area contributed by atoms with Crippen molar-refractivity contribution < 1.29 is 26.4 Å². The van der Waals surface area contributed by atoms with E-state index in [1.165, 1.54) is 16.6 Å². The highest BCUT2D eigenvalue weighted by molar-refractivity contribution is 9.10. The fourth-order valence-electron chi connectivity index (χ4n) is 4.44. The summed E-state index contributed by atoms with van der Waals surface area (Å²) in [7, 11) is -3.22. The first kappa shape index (κ1) is 26.6. The summed E-state index contributed by atoms with van der Waals surface area (Å²) < 4.78 is 67.7. The third-order valence-corrected chi connectivity index (χ3v) is 8.20. The molecule has 0 unspecified atom stereocenters. The second kappa shape index (κ2) is 9.75. The van der Waals surface area contributed by atoms with Crippen LogP contribution >= 0.6 is 15.9 Å². The first-order valence-electron chi connectivity index (χ1n) is 11.2. The summed E-state index contributed by atoms with van der Waals surface area (Å²) in [4.78, 5) is 16.9. The van der Waals surface area contributed by atoms with E-state index < -0.39 is 27.8 Å². The van der Waals surface area contributed by atoms with E-state index in [0.717, 1.165) is 6.07 Å². The lowest BCUT2D eigenvalue weighted by molar-refractivity contribution is -0.140. The van der Waals surface area contributed by atoms with Gasteiger partial charge in [-0.1, -0.05) is 15.9 Å². The molecule has 0 spiro atoms. The number of nitrogens with one attached hydrogen (secondary N) is 1. The van der Waals surface area contributed by atoms with Crippen LogP contribution in [0.25, 0.3) is 10.9 Å². The highest BCUT2D eigenvalue weighted by atomic mass is 79.9. The van der Waals surface area contributed by atoms with Gasteiger partial charge in [0.15, 0.2) is 0 Å². The van der Waals surface area contributed by atoms with Crippen molar-refractivity contribution >= 4 is 48.5 Å². The minimum absolute atomic E-state index is 0.0581. The lowest BCUT2D eigenvalue weighted by atomic mass is 9.98. The maximum atomic E-state index is 13.5. The molecule has 1 aliphatic rings. The molecular weight excluding hydrogens is 563 g/mol. The number of alkyl halides is 3. The molecule has 3 heterocycles. The van der Waals surface area contributed by atoms with Crippen molar-refractivity contribution in [2.75, 3.05) is 24.7 Å². The Kier molecular flexibility index (Phi) is 7.19. The molecule has 1 aliphatic heterocycles. The van der Waals surface area contributed by atoms with Crippen molar-refractivity contribution in [2.24, 2.45) is 5.92 Å². The van der Waals surface area contributed by atoms with Gasteiger partial charge in [-0.05, 0) is 56.9 Å². The van der Waals surface area contributed by atoms with Crippen LogP contribution in [0.2, 0.25) is 0 Å². The molecule has 0 radical (unpaired) electrons. The van der Waals surface area contributed by atoms with E-state index >= 15 is 0 Å². The quantitative estimate of drug-likeness (QED) is 0.464. The number of hydrogen-bond donors (Lipinski definition) is 1. The molecule has 36 heavy (non-hydrogen) atoms. The Morgan fingerprint density at radius 3 is 2.47 bits per heavy atom. The Morgan fingerprint density at radius 1 is 1.19 bits per heavy atom. The Labute approximate surface area is 215 Å². The van der Waals surface area contributed by atoms with Gasteiger partial charge in [0.2, 0.25) is 10.0 Å². The average Bonchev–Trinajstić information content (AvgIpc) is 3.04. The number of rotatable bonds is 5. The zero-order chi connectivity index (χ0) is 26.4. The maximum absolute atomic E-state index is 13.5. The van der Waals surface area contributed by atoms with E-state index in [4.69, 9.17) is 0 Å². The fourth-order valence-corrected chi connectivity index (χ4v) is 5.67. The van der Waals surface area contributed by atoms with Gasteiger partial charge >= 0.3 is 6.18 Å². The van der Waals surface area contributed by atoms with Crippen LogP contribution in [0.1, 0.15) is 40.3 Å². The third kappa shape index (κ3) is 5.57. The molecule has 1 amide bonds. The third-order valence-electron chi connectivity index (χ3n) is 6.40. The van der Waals surface area contributed by atoms with Crippen LogP contribution in [0.5, 0.6) is 0 Å². The number of nitrogens with zero attached hydrogens (tertiary/aromatic N) is 4. The Balaban J connectivity index is 1.59. The van der Waals surface area contributed by atoms with Crippen LogP contribution in [0.15, 0.2) is 28.7 Å². The van der Waals surface area contributed by atoms with E-state index in [2.05, 4.69) is 31.3 Å². The van der Waals surface area contributed by atoms with E-state index in [1.807, 2.05) is 0 Å². The molecule has 2 aromatic heterocycles. The van der Waals surface area contributed by atoms with Gasteiger partial charge in [-0.25, -0.2) is 17.7 Å². The summed E-state index contributed by atoms with van der Waals surface area (Å²) in [6.45, 7) is 4.93. The lowest BCUT2D eigenvalue weighted by Crippen LogP contribution is -2.38. The minimum atomic E-state index is -4.71. The van der Waals surface area contributed by atoms with Crippen LogP contribution < -0.4 is 5.32 Å². The topological polar surface area (TPSA) is 97.2 Å². The number of sulfonamides is 1. The van der Waals surface area contributed by atoms with Gasteiger partial charge < -0.3 is 5.32 Å². The number of halogens is 4. The number of hydrogen-bond acceptors (Lipinski definition) is 5. The van der Waals surface area contributed by atoms with Gasteiger partial charge in [0.1, 0.15) is 5.69 Å². The summed E-state index contributed by atoms with van der Waals surface area (Å²) in [6, 6.07) is 5.31. The summed E-state index contributed by atoms with van der Waals surface area (Å²) in [6.07, 6.45) is -2.14. The molecule has 13 heteroatoms. The van der Waals surface area contributed by atoms with E-state index in [0.29, 0.717) is 54.0 Å². The van der Waals surface area contributed by atoms with Crippen LogP contribution in [0.4, 0.5) is 18.9 Å². The largest absolute Gasteiger partial charge is 0.433 e. The molecule has 1 saturated heterocycles. The molecule has 0 aliphatic carbocycles. The number of anilines is 1. The number of aryl methyl sites for hydroxylation is 1. The molecule has 0 bridgehead atoms. The number of fused-ring (bicyclic) bond motifs is 1. The fraction of sp³-hybridized carbons (Fsp3) is 0.435. The number of carbonyl (C=O) groups is 1. The first-order chi connectivity index (χ1) is 16.7. The minimum Gasteiger partial charge on any atom is -0.319 e. The standard InChI is InChI=1S/C23H25BrF3N5O3S/c1-13-21(14(2)32(30-13)12-15-6-8-31(9-7-15)36(3,34)35)29-22(33)18-11-20(23(25,26)27)28-19-5-4-16(24)10-17(18)19/h4-5,10-11,15H,6-9,12H2,1-3H3,(H,29,33). The normalized spacial score (nSPS) is 16.0. The summed E-state index contributed by atoms with van der Waals surface area (Å²) >= 11 is 3.30. The monoisotopic (exact) mass is 587 g/mol. The highest BCUT2D eigenvalue weighted by Gasteiger charge is 2.34. The molecule has 1 fully saturated rings. The SMILES string of the molecule is Cc1nn(CC2CCN(S(C)(=O)=O)CC2)c(C)c1NC(=O)c1cc(C(F)(F)F)nc2ccc(Br)cc12. The number of amides is 1. The molecule has 1 N–H and O–H groups in total. The molecule has 0 saturated carbocycles.